The smallest absolute Gasteiger partial charge is 0.164 e. The third-order valence-corrected chi connectivity index (χ3v) is 2.39. The summed E-state index contributed by atoms with van der Waals surface area (Å²) in [6.45, 7) is 1.25. The van der Waals surface area contributed by atoms with E-state index in [1.807, 2.05) is 0 Å². The van der Waals surface area contributed by atoms with Crippen molar-refractivity contribution < 1.29 is 14.3 Å². The number of halogens is 1. The number of carbonyl (C=O) groups is 1. The molecule has 0 aromatic rings. The lowest BCUT2D eigenvalue weighted by Crippen LogP contribution is -2.48. The molecule has 0 radical (unpaired) electrons. The van der Waals surface area contributed by atoms with Crippen molar-refractivity contribution in [1.82, 2.24) is 0 Å². The van der Waals surface area contributed by atoms with Crippen molar-refractivity contribution in [1.29, 1.82) is 0 Å². The van der Waals surface area contributed by atoms with Gasteiger partial charge in [-0.25, -0.2) is 4.39 Å². The number of hydrogen-bond acceptors (Lipinski definition) is 2. The summed E-state index contributed by atoms with van der Waals surface area (Å²) in [5.41, 5.74) is -1.67. The van der Waals surface area contributed by atoms with Crippen molar-refractivity contribution in [2.24, 2.45) is 0 Å². The van der Waals surface area contributed by atoms with Gasteiger partial charge in [0, 0.05) is 0 Å². The molecule has 2 nitrogen and oxygen atoms in total. The molecule has 0 unspecified atom stereocenters. The number of ketones is 1. The van der Waals surface area contributed by atoms with E-state index in [0.717, 1.165) is 12.8 Å². The number of hydrogen-bond donors (Lipinski definition) is 1. The van der Waals surface area contributed by atoms with Gasteiger partial charge in [0.25, 0.3) is 0 Å². The summed E-state index contributed by atoms with van der Waals surface area (Å²) in [6.07, 6.45) is 0.765. The molecule has 1 fully saturated rings. The summed E-state index contributed by atoms with van der Waals surface area (Å²) in [6, 6.07) is 0. The van der Waals surface area contributed by atoms with Gasteiger partial charge in [0.15, 0.2) is 11.4 Å². The molecule has 0 aromatic heterocycles. The van der Waals surface area contributed by atoms with Crippen LogP contribution >= 0.6 is 0 Å². The fourth-order valence-corrected chi connectivity index (χ4v) is 1.51. The Hall–Kier alpha value is -0.440. The van der Waals surface area contributed by atoms with E-state index in [4.69, 9.17) is 0 Å². The average molecular weight is 160 g/mol. The second-order valence-electron chi connectivity index (χ2n) is 3.19. The number of alkyl halides is 1. The van der Waals surface area contributed by atoms with Crippen LogP contribution in [0.25, 0.3) is 0 Å². The van der Waals surface area contributed by atoms with Crippen molar-refractivity contribution in [3.05, 3.63) is 0 Å². The topological polar surface area (TPSA) is 37.3 Å². The van der Waals surface area contributed by atoms with Gasteiger partial charge in [-0.3, -0.25) is 4.79 Å². The number of rotatable bonds is 1. The van der Waals surface area contributed by atoms with Crippen LogP contribution in [0.5, 0.6) is 0 Å². The molecule has 11 heavy (non-hydrogen) atoms. The van der Waals surface area contributed by atoms with Crippen LogP contribution < -0.4 is 0 Å². The summed E-state index contributed by atoms with van der Waals surface area (Å²) in [5, 5.41) is 9.49. The van der Waals surface area contributed by atoms with Gasteiger partial charge in [0.05, 0.1) is 0 Å². The van der Waals surface area contributed by atoms with Gasteiger partial charge in [0.2, 0.25) is 0 Å². The number of Topliss-reactive ketones (excluding diaryl/α,β-unsaturated/α-hetero) is 1. The van der Waals surface area contributed by atoms with Gasteiger partial charge in [-0.05, 0) is 26.2 Å². The molecule has 2 atom stereocenters. The van der Waals surface area contributed by atoms with E-state index in [9.17, 15) is 14.3 Å². The van der Waals surface area contributed by atoms with E-state index in [1.54, 1.807) is 0 Å². The molecule has 3 heteroatoms. The predicted molar refractivity (Wildman–Crippen MR) is 39.0 cm³/mol. The van der Waals surface area contributed by atoms with Crippen molar-refractivity contribution >= 4 is 5.78 Å². The molecule has 0 aromatic carbocycles. The minimum atomic E-state index is -1.67. The third kappa shape index (κ3) is 1.43. The van der Waals surface area contributed by atoms with Crippen LogP contribution in [0.4, 0.5) is 4.39 Å². The normalized spacial score (nSPS) is 38.6. The second-order valence-corrected chi connectivity index (χ2v) is 3.19. The van der Waals surface area contributed by atoms with E-state index in [2.05, 4.69) is 0 Å². The zero-order valence-corrected chi connectivity index (χ0v) is 6.64. The Morgan fingerprint density at radius 1 is 1.64 bits per heavy atom. The Labute approximate surface area is 65.4 Å². The van der Waals surface area contributed by atoms with Crippen molar-refractivity contribution in [3.63, 3.8) is 0 Å². The average Bonchev–Trinajstić information content (AvgIpc) is 1.95. The lowest BCUT2D eigenvalue weighted by molar-refractivity contribution is -0.146. The highest BCUT2D eigenvalue weighted by Gasteiger charge is 2.43. The Morgan fingerprint density at radius 3 is 2.64 bits per heavy atom. The first kappa shape index (κ1) is 8.65. The molecular formula is C8H13FO2. The summed E-state index contributed by atoms with van der Waals surface area (Å²) in [4.78, 5) is 10.8. The summed E-state index contributed by atoms with van der Waals surface area (Å²) in [7, 11) is 0. The van der Waals surface area contributed by atoms with E-state index >= 15 is 0 Å². The quantitative estimate of drug-likeness (QED) is 0.626. The molecule has 1 N–H and O–H groups in total. The molecule has 0 saturated heterocycles. The van der Waals surface area contributed by atoms with Crippen molar-refractivity contribution in [3.8, 4) is 0 Å². The molecule has 1 aliphatic carbocycles. The lowest BCUT2D eigenvalue weighted by atomic mass is 9.81. The monoisotopic (exact) mass is 160 g/mol. The van der Waals surface area contributed by atoms with Gasteiger partial charge in [-0.2, -0.15) is 0 Å². The van der Waals surface area contributed by atoms with Gasteiger partial charge < -0.3 is 5.11 Å². The zero-order chi connectivity index (χ0) is 8.48. The van der Waals surface area contributed by atoms with Crippen LogP contribution in [-0.2, 0) is 4.79 Å². The SMILES string of the molecule is CC(=O)[C@]1(O)CCCC[C@H]1F. The number of carbonyl (C=O) groups excluding carboxylic acids is 1. The third-order valence-electron chi connectivity index (χ3n) is 2.39. The van der Waals surface area contributed by atoms with Gasteiger partial charge >= 0.3 is 0 Å². The maximum atomic E-state index is 13.0. The van der Waals surface area contributed by atoms with E-state index < -0.39 is 17.6 Å². The Balaban J connectivity index is 2.72. The maximum absolute atomic E-state index is 13.0. The fourth-order valence-electron chi connectivity index (χ4n) is 1.51. The highest BCUT2D eigenvalue weighted by molar-refractivity contribution is 5.85. The molecule has 0 bridgehead atoms. The van der Waals surface area contributed by atoms with Crippen molar-refractivity contribution in [2.75, 3.05) is 0 Å². The van der Waals surface area contributed by atoms with Gasteiger partial charge in [-0.15, -0.1) is 0 Å². The minimum absolute atomic E-state index is 0.281. The molecule has 0 heterocycles. The highest BCUT2D eigenvalue weighted by atomic mass is 19.1. The molecular weight excluding hydrogens is 147 g/mol. The van der Waals surface area contributed by atoms with Crippen LogP contribution in [0.3, 0.4) is 0 Å². The standard InChI is InChI=1S/C8H13FO2/c1-6(10)8(11)5-3-2-4-7(8)9/h7,11H,2-5H2,1H3/t7-,8-/m1/s1. The van der Waals surface area contributed by atoms with Crippen LogP contribution in [0.15, 0.2) is 0 Å². The first-order chi connectivity index (χ1) is 5.07. The Morgan fingerprint density at radius 2 is 2.27 bits per heavy atom. The summed E-state index contributed by atoms with van der Waals surface area (Å²) < 4.78 is 13.0. The highest BCUT2D eigenvalue weighted by Crippen LogP contribution is 2.31. The van der Waals surface area contributed by atoms with E-state index in [0.29, 0.717) is 6.42 Å². The largest absolute Gasteiger partial charge is 0.379 e. The summed E-state index contributed by atoms with van der Waals surface area (Å²) in [5.74, 6) is -0.440. The van der Waals surface area contributed by atoms with Crippen LogP contribution in [0.2, 0.25) is 0 Å². The van der Waals surface area contributed by atoms with Gasteiger partial charge in [-0.1, -0.05) is 6.42 Å². The maximum Gasteiger partial charge on any atom is 0.164 e. The molecule has 1 saturated carbocycles. The van der Waals surface area contributed by atoms with E-state index in [-0.39, 0.29) is 6.42 Å². The lowest BCUT2D eigenvalue weighted by Gasteiger charge is -2.32. The van der Waals surface area contributed by atoms with Crippen LogP contribution in [-0.4, -0.2) is 22.7 Å². The van der Waals surface area contributed by atoms with Crippen molar-refractivity contribution in [2.45, 2.75) is 44.4 Å². The second kappa shape index (κ2) is 2.89. The summed E-state index contributed by atoms with van der Waals surface area (Å²) >= 11 is 0. The fraction of sp³-hybridized carbons (Fsp3) is 0.875. The molecule has 64 valence electrons. The van der Waals surface area contributed by atoms with Crippen LogP contribution in [0.1, 0.15) is 32.6 Å². The van der Waals surface area contributed by atoms with Gasteiger partial charge in [0.1, 0.15) is 6.17 Å². The van der Waals surface area contributed by atoms with Crippen LogP contribution in [0, 0.1) is 0 Å². The molecule has 0 spiro atoms. The zero-order valence-electron chi connectivity index (χ0n) is 6.64. The molecule has 1 rings (SSSR count). The molecule has 1 aliphatic rings. The number of aliphatic hydroxyl groups is 1. The Bertz CT molecular complexity index is 169. The first-order valence-electron chi connectivity index (χ1n) is 3.95. The minimum Gasteiger partial charge on any atom is -0.379 e. The first-order valence-corrected chi connectivity index (χ1v) is 3.95. The molecule has 0 aliphatic heterocycles. The Kier molecular flexibility index (Phi) is 2.28. The predicted octanol–water partition coefficient (Wildman–Crippen LogP) is 1.22. The molecule has 0 amide bonds. The van der Waals surface area contributed by atoms with E-state index in [1.165, 1.54) is 6.92 Å².